The van der Waals surface area contributed by atoms with Crippen LogP contribution in [-0.4, -0.2) is 56.3 Å². The summed E-state index contributed by atoms with van der Waals surface area (Å²) in [6, 6.07) is 1.89. The average molecular weight is 415 g/mol. The Labute approximate surface area is 137 Å². The molecule has 1 aromatic rings. The van der Waals surface area contributed by atoms with E-state index in [0.29, 0.717) is 12.5 Å². The first kappa shape index (κ1) is 19.2. The van der Waals surface area contributed by atoms with E-state index in [1.807, 2.05) is 16.9 Å². The molecule has 0 unspecified atom stereocenters. The monoisotopic (exact) mass is 415 g/mol. The topological polar surface area (TPSA) is 88.4 Å². The Hall–Kier alpha value is -0.840. The summed E-state index contributed by atoms with van der Waals surface area (Å²) in [6.07, 6.45) is 5.79. The lowest BCUT2D eigenvalue weighted by molar-refractivity contribution is 0.570. The Balaban J connectivity index is 0.00000361. The number of guanidine groups is 1. The highest BCUT2D eigenvalue weighted by molar-refractivity contribution is 14.0. The Kier molecular flexibility index (Phi) is 9.55. The molecular formula is C11H22IN5O2S. The molecular weight excluding hydrogens is 393 g/mol. The van der Waals surface area contributed by atoms with Crippen LogP contribution in [0.5, 0.6) is 0 Å². The lowest BCUT2D eigenvalue weighted by atomic mass is 10.4. The van der Waals surface area contributed by atoms with Crippen LogP contribution >= 0.6 is 24.0 Å². The minimum atomic E-state index is -2.94. The number of aromatic nitrogens is 2. The first-order chi connectivity index (χ1) is 9.01. The van der Waals surface area contributed by atoms with E-state index >= 15 is 0 Å². The molecule has 0 radical (unpaired) electrons. The van der Waals surface area contributed by atoms with Gasteiger partial charge in [0.05, 0.1) is 5.75 Å². The number of hydrogen-bond acceptors (Lipinski definition) is 4. The quantitative estimate of drug-likeness (QED) is 0.286. The maximum atomic E-state index is 11.0. The summed E-state index contributed by atoms with van der Waals surface area (Å²) in [7, 11) is -1.28. The summed E-state index contributed by atoms with van der Waals surface area (Å²) in [5.41, 5.74) is 0. The Morgan fingerprint density at radius 2 is 2.05 bits per heavy atom. The van der Waals surface area contributed by atoms with Crippen molar-refractivity contribution in [1.29, 1.82) is 0 Å². The number of aliphatic imine (C=N–C) groups is 1. The van der Waals surface area contributed by atoms with Gasteiger partial charge in [0.15, 0.2) is 5.96 Å². The third-order valence-electron chi connectivity index (χ3n) is 2.40. The Bertz CT molecular complexity index is 487. The zero-order valence-corrected chi connectivity index (χ0v) is 14.9. The van der Waals surface area contributed by atoms with Gasteiger partial charge in [-0.1, -0.05) is 0 Å². The highest BCUT2D eigenvalue weighted by Gasteiger charge is 2.02. The van der Waals surface area contributed by atoms with E-state index in [1.54, 1.807) is 13.2 Å². The van der Waals surface area contributed by atoms with Gasteiger partial charge in [0.25, 0.3) is 0 Å². The minimum absolute atomic E-state index is 0. The van der Waals surface area contributed by atoms with Gasteiger partial charge >= 0.3 is 0 Å². The van der Waals surface area contributed by atoms with Gasteiger partial charge in [-0.25, -0.2) is 8.42 Å². The zero-order valence-electron chi connectivity index (χ0n) is 11.7. The van der Waals surface area contributed by atoms with Crippen LogP contribution in [0.3, 0.4) is 0 Å². The molecule has 9 heteroatoms. The largest absolute Gasteiger partial charge is 0.356 e. The lowest BCUT2D eigenvalue weighted by Gasteiger charge is -2.11. The van der Waals surface area contributed by atoms with Gasteiger partial charge in [-0.2, -0.15) is 5.10 Å². The first-order valence-electron chi connectivity index (χ1n) is 6.11. The second-order valence-electron chi connectivity index (χ2n) is 4.18. The molecule has 0 aliphatic heterocycles. The molecule has 1 heterocycles. The summed E-state index contributed by atoms with van der Waals surface area (Å²) in [5, 5.41) is 10.2. The van der Waals surface area contributed by atoms with E-state index in [-0.39, 0.29) is 29.7 Å². The van der Waals surface area contributed by atoms with E-state index in [9.17, 15) is 8.42 Å². The maximum Gasteiger partial charge on any atom is 0.191 e. The lowest BCUT2D eigenvalue weighted by Crippen LogP contribution is -2.40. The number of sulfone groups is 1. The molecule has 0 spiro atoms. The highest BCUT2D eigenvalue weighted by Crippen LogP contribution is 1.88. The van der Waals surface area contributed by atoms with Crippen LogP contribution in [-0.2, 0) is 16.4 Å². The normalized spacial score (nSPS) is 11.8. The van der Waals surface area contributed by atoms with Crippen molar-refractivity contribution in [3.63, 3.8) is 0 Å². The molecule has 2 N–H and O–H groups in total. The predicted molar refractivity (Wildman–Crippen MR) is 91.3 cm³/mol. The van der Waals surface area contributed by atoms with Crippen LogP contribution < -0.4 is 10.6 Å². The molecule has 0 bridgehead atoms. The van der Waals surface area contributed by atoms with Crippen molar-refractivity contribution in [3.8, 4) is 0 Å². The fraction of sp³-hybridized carbons (Fsp3) is 0.636. The summed E-state index contributed by atoms with van der Waals surface area (Å²) in [4.78, 5) is 4.02. The van der Waals surface area contributed by atoms with Crippen LogP contribution in [0.2, 0.25) is 0 Å². The molecule has 1 aromatic heterocycles. The number of nitrogens with zero attached hydrogens (tertiary/aromatic N) is 3. The smallest absolute Gasteiger partial charge is 0.191 e. The van der Waals surface area contributed by atoms with Crippen LogP contribution in [0.25, 0.3) is 0 Å². The predicted octanol–water partition coefficient (Wildman–Crippen LogP) is 0.101. The van der Waals surface area contributed by atoms with Gasteiger partial charge in [-0.3, -0.25) is 9.67 Å². The molecule has 20 heavy (non-hydrogen) atoms. The average Bonchev–Trinajstić information content (AvgIpc) is 2.83. The van der Waals surface area contributed by atoms with Gasteiger partial charge in [0, 0.05) is 45.3 Å². The summed E-state index contributed by atoms with van der Waals surface area (Å²) in [6.45, 7) is 1.94. The van der Waals surface area contributed by atoms with Crippen LogP contribution in [0.1, 0.15) is 6.42 Å². The second-order valence-corrected chi connectivity index (χ2v) is 6.44. The number of rotatable bonds is 7. The van der Waals surface area contributed by atoms with Gasteiger partial charge in [0.2, 0.25) is 0 Å². The maximum absolute atomic E-state index is 11.0. The van der Waals surface area contributed by atoms with E-state index in [0.717, 1.165) is 19.5 Å². The number of nitrogens with one attached hydrogen (secondary N) is 2. The molecule has 0 amide bonds. The summed E-state index contributed by atoms with van der Waals surface area (Å²) >= 11 is 0. The van der Waals surface area contributed by atoms with Crippen molar-refractivity contribution >= 4 is 39.8 Å². The molecule has 7 nitrogen and oxygen atoms in total. The molecule has 0 aromatic carbocycles. The van der Waals surface area contributed by atoms with Crippen molar-refractivity contribution in [2.75, 3.05) is 32.1 Å². The molecule has 0 fully saturated rings. The molecule has 0 aliphatic rings. The molecule has 116 valence electrons. The van der Waals surface area contributed by atoms with Gasteiger partial charge in [-0.05, 0) is 12.5 Å². The molecule has 0 aliphatic carbocycles. The van der Waals surface area contributed by atoms with E-state index < -0.39 is 9.84 Å². The zero-order chi connectivity index (χ0) is 14.1. The van der Waals surface area contributed by atoms with Gasteiger partial charge in [0.1, 0.15) is 9.84 Å². The van der Waals surface area contributed by atoms with Crippen molar-refractivity contribution < 1.29 is 8.42 Å². The second kappa shape index (κ2) is 9.97. The summed E-state index contributed by atoms with van der Waals surface area (Å²) < 4.78 is 23.8. The summed E-state index contributed by atoms with van der Waals surface area (Å²) in [5.74, 6) is 0.713. The van der Waals surface area contributed by atoms with E-state index in [4.69, 9.17) is 0 Å². The van der Waals surface area contributed by atoms with Crippen molar-refractivity contribution in [3.05, 3.63) is 18.5 Å². The number of hydrogen-bond donors (Lipinski definition) is 2. The van der Waals surface area contributed by atoms with E-state index in [2.05, 4.69) is 20.7 Å². The van der Waals surface area contributed by atoms with Crippen LogP contribution in [0.15, 0.2) is 23.5 Å². The van der Waals surface area contributed by atoms with E-state index in [1.165, 1.54) is 6.26 Å². The van der Waals surface area contributed by atoms with Crippen molar-refractivity contribution in [2.24, 2.45) is 4.99 Å². The number of aryl methyl sites for hydroxylation is 1. The first-order valence-corrected chi connectivity index (χ1v) is 8.17. The Morgan fingerprint density at radius 3 is 2.60 bits per heavy atom. The Morgan fingerprint density at radius 1 is 1.35 bits per heavy atom. The third kappa shape index (κ3) is 9.13. The fourth-order valence-corrected chi connectivity index (χ4v) is 1.93. The highest BCUT2D eigenvalue weighted by atomic mass is 127. The molecule has 0 saturated heterocycles. The van der Waals surface area contributed by atoms with Crippen LogP contribution in [0.4, 0.5) is 0 Å². The molecule has 0 saturated carbocycles. The minimum Gasteiger partial charge on any atom is -0.356 e. The fourth-order valence-electron chi connectivity index (χ4n) is 1.46. The molecule has 1 rings (SSSR count). The third-order valence-corrected chi connectivity index (χ3v) is 3.35. The van der Waals surface area contributed by atoms with Gasteiger partial charge < -0.3 is 10.6 Å². The van der Waals surface area contributed by atoms with Crippen molar-refractivity contribution in [1.82, 2.24) is 20.4 Å². The standard InChI is InChI=1S/C11H21N5O2S.HI/c1-12-11(14-7-10-19(2,17)18)13-5-3-8-16-9-4-6-15-16;/h4,6,9H,3,5,7-8,10H2,1-2H3,(H2,12,13,14);1H. The SMILES string of the molecule is CN=C(NCCCn1cccn1)NCCS(C)(=O)=O.I. The van der Waals surface area contributed by atoms with Crippen molar-refractivity contribution in [2.45, 2.75) is 13.0 Å². The van der Waals surface area contributed by atoms with Gasteiger partial charge in [-0.15, -0.1) is 24.0 Å². The van der Waals surface area contributed by atoms with Crippen LogP contribution in [0, 0.1) is 0 Å². The number of halogens is 1. The molecule has 0 atom stereocenters.